The van der Waals surface area contributed by atoms with Gasteiger partial charge >= 0.3 is 0 Å². The van der Waals surface area contributed by atoms with Gasteiger partial charge in [0.05, 0.1) is 43.1 Å². The number of hydrogen-bond donors (Lipinski definition) is 2. The molecule has 1 saturated carbocycles. The molecule has 1 aliphatic carbocycles. The quantitative estimate of drug-likeness (QED) is 0.665. The Morgan fingerprint density at radius 1 is 1.12 bits per heavy atom. The minimum Gasteiger partial charge on any atom is -0.454 e. The van der Waals surface area contributed by atoms with Crippen molar-refractivity contribution >= 4 is 29.0 Å². The minimum absolute atomic E-state index is 0.152. The molecule has 3 heterocycles. The summed E-state index contributed by atoms with van der Waals surface area (Å²) in [6.45, 7) is 4.36. The molecule has 32 heavy (non-hydrogen) atoms. The molecule has 1 aromatic carbocycles. The first-order chi connectivity index (χ1) is 15.6. The number of aromatic amines is 1. The van der Waals surface area contributed by atoms with Crippen LogP contribution in [0.5, 0.6) is 11.5 Å². The third kappa shape index (κ3) is 4.28. The van der Waals surface area contributed by atoms with Crippen molar-refractivity contribution in [3.63, 3.8) is 0 Å². The number of benzene rings is 1. The molecule has 2 aromatic rings. The zero-order valence-electron chi connectivity index (χ0n) is 18.4. The van der Waals surface area contributed by atoms with E-state index in [0.717, 1.165) is 32.2 Å². The number of aromatic nitrogens is 2. The van der Waals surface area contributed by atoms with Crippen LogP contribution in [0.3, 0.4) is 0 Å². The summed E-state index contributed by atoms with van der Waals surface area (Å²) in [6.07, 6.45) is 7.79. The molecule has 2 fully saturated rings. The van der Waals surface area contributed by atoms with Gasteiger partial charge in [0.25, 0.3) is 5.56 Å². The number of hydrogen-bond acceptors (Lipinski definition) is 5. The van der Waals surface area contributed by atoms with Crippen molar-refractivity contribution in [2.45, 2.75) is 57.5 Å². The Morgan fingerprint density at radius 2 is 1.84 bits per heavy atom. The molecule has 0 radical (unpaired) electrons. The van der Waals surface area contributed by atoms with Gasteiger partial charge in [-0.3, -0.25) is 14.2 Å². The molecule has 0 atom stereocenters. The van der Waals surface area contributed by atoms with E-state index in [2.05, 4.69) is 4.98 Å². The Balaban J connectivity index is 1.17. The van der Waals surface area contributed by atoms with Crippen LogP contribution in [0.15, 0.2) is 16.9 Å². The Labute approximate surface area is 192 Å². The number of rotatable bonds is 5. The van der Waals surface area contributed by atoms with Gasteiger partial charge in [-0.1, -0.05) is 6.42 Å². The molecule has 1 saturated heterocycles. The highest BCUT2D eigenvalue weighted by Crippen LogP contribution is 2.34. The summed E-state index contributed by atoms with van der Waals surface area (Å²) < 4.78 is 12.7. The molecular weight excluding hydrogens is 428 g/mol. The zero-order valence-corrected chi connectivity index (χ0v) is 19.2. The monoisotopic (exact) mass is 459 g/mol. The fourth-order valence-electron chi connectivity index (χ4n) is 5.35. The van der Waals surface area contributed by atoms with Gasteiger partial charge in [-0.25, -0.2) is 0 Å². The van der Waals surface area contributed by atoms with E-state index >= 15 is 0 Å². The molecule has 0 spiro atoms. The predicted molar refractivity (Wildman–Crippen MR) is 123 cm³/mol. The molecule has 9 heteroatoms. The lowest BCUT2D eigenvalue weighted by atomic mass is 9.94. The first-order valence-electron chi connectivity index (χ1n) is 11.8. The molecule has 2 aliphatic heterocycles. The Hall–Kier alpha value is -2.39. The second-order valence-electron chi connectivity index (χ2n) is 9.12. The Morgan fingerprint density at radius 3 is 2.59 bits per heavy atom. The molecule has 172 valence electrons. The molecule has 5 rings (SSSR count). The van der Waals surface area contributed by atoms with E-state index in [-0.39, 0.29) is 18.3 Å². The zero-order chi connectivity index (χ0) is 22.1. The smallest absolute Gasteiger partial charge is 0.262 e. The van der Waals surface area contributed by atoms with Crippen molar-refractivity contribution in [2.24, 2.45) is 0 Å². The number of nitrogens with one attached hydrogen (secondary N) is 2. The predicted octanol–water partition coefficient (Wildman–Crippen LogP) is 1.63. The maximum absolute atomic E-state index is 13.0. The van der Waals surface area contributed by atoms with Gasteiger partial charge in [0.15, 0.2) is 16.3 Å². The third-order valence-corrected chi connectivity index (χ3v) is 7.51. The highest BCUT2D eigenvalue weighted by atomic mass is 32.1. The van der Waals surface area contributed by atoms with E-state index in [1.165, 1.54) is 36.7 Å². The molecular formula is C23H31N4O4S+. The fourth-order valence-corrected chi connectivity index (χ4v) is 5.64. The first-order valence-corrected chi connectivity index (χ1v) is 12.2. The average Bonchev–Trinajstić information content (AvgIpc) is 3.28. The number of quaternary nitrogens is 1. The number of piperazine rings is 1. The summed E-state index contributed by atoms with van der Waals surface area (Å²) in [5, 5.41) is 0.510. The van der Waals surface area contributed by atoms with Crippen LogP contribution in [0.1, 0.15) is 44.9 Å². The number of ether oxygens (including phenoxy) is 2. The van der Waals surface area contributed by atoms with Crippen LogP contribution in [0, 0.1) is 4.77 Å². The van der Waals surface area contributed by atoms with Gasteiger partial charge in [0, 0.05) is 19.0 Å². The van der Waals surface area contributed by atoms with Gasteiger partial charge < -0.3 is 24.3 Å². The molecule has 8 nitrogen and oxygen atoms in total. The van der Waals surface area contributed by atoms with Crippen LogP contribution < -0.4 is 19.9 Å². The highest BCUT2D eigenvalue weighted by molar-refractivity contribution is 7.71. The van der Waals surface area contributed by atoms with Crippen molar-refractivity contribution in [1.29, 1.82) is 0 Å². The first kappa shape index (κ1) is 21.5. The van der Waals surface area contributed by atoms with Crippen LogP contribution in [-0.2, 0) is 11.3 Å². The number of amides is 1. The summed E-state index contributed by atoms with van der Waals surface area (Å²) in [4.78, 5) is 32.5. The lowest BCUT2D eigenvalue weighted by Crippen LogP contribution is -3.18. The topological polar surface area (TPSA) is 81.0 Å². The molecule has 0 unspecified atom stereocenters. The van der Waals surface area contributed by atoms with Crippen molar-refractivity contribution in [3.05, 3.63) is 27.3 Å². The third-order valence-electron chi connectivity index (χ3n) is 7.19. The van der Waals surface area contributed by atoms with Crippen LogP contribution in [0.2, 0.25) is 0 Å². The molecule has 3 aliphatic rings. The van der Waals surface area contributed by atoms with Gasteiger partial charge in [-0.05, 0) is 50.4 Å². The maximum Gasteiger partial charge on any atom is 0.262 e. The number of fused-ring (bicyclic) bond motifs is 2. The van der Waals surface area contributed by atoms with Crippen LogP contribution in [-0.4, -0.2) is 59.4 Å². The Kier molecular flexibility index (Phi) is 6.19. The van der Waals surface area contributed by atoms with E-state index in [1.807, 2.05) is 4.90 Å². The number of H-pyrrole nitrogens is 1. The maximum atomic E-state index is 13.0. The van der Waals surface area contributed by atoms with Crippen molar-refractivity contribution in [3.8, 4) is 11.5 Å². The highest BCUT2D eigenvalue weighted by Gasteiger charge is 2.29. The van der Waals surface area contributed by atoms with Gasteiger partial charge in [0.2, 0.25) is 12.7 Å². The van der Waals surface area contributed by atoms with Crippen molar-refractivity contribution in [1.82, 2.24) is 14.5 Å². The van der Waals surface area contributed by atoms with Gasteiger partial charge in [-0.15, -0.1) is 0 Å². The summed E-state index contributed by atoms with van der Waals surface area (Å²) in [5.74, 6) is 1.35. The summed E-state index contributed by atoms with van der Waals surface area (Å²) in [6, 6.07) is 4.24. The second kappa shape index (κ2) is 9.23. The SMILES string of the molecule is O=C(CCCn1c(=S)[nH]c2cc3c(cc2c1=O)OCO3)N1CC[NH+](C2CCCCC2)CC1. The van der Waals surface area contributed by atoms with Crippen LogP contribution in [0.25, 0.3) is 10.9 Å². The van der Waals surface area contributed by atoms with Crippen molar-refractivity contribution in [2.75, 3.05) is 33.0 Å². The van der Waals surface area contributed by atoms with Crippen LogP contribution >= 0.6 is 12.2 Å². The van der Waals surface area contributed by atoms with Crippen LogP contribution in [0.4, 0.5) is 0 Å². The summed E-state index contributed by atoms with van der Waals surface area (Å²) in [7, 11) is 0. The van der Waals surface area contributed by atoms with E-state index in [0.29, 0.717) is 46.6 Å². The second-order valence-corrected chi connectivity index (χ2v) is 9.50. The van der Waals surface area contributed by atoms with E-state index in [1.54, 1.807) is 17.0 Å². The van der Waals surface area contributed by atoms with Gasteiger partial charge in [0.1, 0.15) is 0 Å². The van der Waals surface area contributed by atoms with E-state index in [4.69, 9.17) is 21.7 Å². The minimum atomic E-state index is -0.167. The van der Waals surface area contributed by atoms with E-state index < -0.39 is 0 Å². The molecule has 2 N–H and O–H groups in total. The average molecular weight is 460 g/mol. The lowest BCUT2D eigenvalue weighted by molar-refractivity contribution is -0.930. The number of nitrogens with zero attached hydrogens (tertiary/aromatic N) is 2. The summed E-state index contributed by atoms with van der Waals surface area (Å²) >= 11 is 5.41. The van der Waals surface area contributed by atoms with Crippen molar-refractivity contribution < 1.29 is 19.2 Å². The van der Waals surface area contributed by atoms with E-state index in [9.17, 15) is 9.59 Å². The standard InChI is InChI=1S/C23H30N4O4S/c28-21(26-11-9-25(10-12-26)16-5-2-1-3-6-16)7-4-8-27-22(29)17-13-19-20(31-15-30-19)14-18(17)24-23(27)32/h13-14,16H,1-12,15H2,(H,24,32)/p+1. The van der Waals surface area contributed by atoms with Gasteiger partial charge in [-0.2, -0.15) is 0 Å². The lowest BCUT2D eigenvalue weighted by Gasteiger charge is -2.38. The molecule has 0 bridgehead atoms. The summed E-state index contributed by atoms with van der Waals surface area (Å²) in [5.41, 5.74) is 0.467. The molecule has 1 amide bonds. The molecule has 1 aromatic heterocycles. The fraction of sp³-hybridized carbons (Fsp3) is 0.609. The number of carbonyl (C=O) groups excluding carboxylic acids is 1. The Bertz CT molecular complexity index is 1110. The normalized spacial score (nSPS) is 19.6. The largest absolute Gasteiger partial charge is 0.454 e. The number of carbonyl (C=O) groups is 1.